The molecule has 0 aliphatic heterocycles. The Labute approximate surface area is 201 Å². The molecule has 0 bridgehead atoms. The molecule has 1 aromatic heterocycles. The second-order valence-electron chi connectivity index (χ2n) is 11.1. The molecule has 3 heteroatoms. The maximum Gasteiger partial charge on any atom is 0.126 e. The Morgan fingerprint density at radius 2 is 1.09 bits per heavy atom. The zero-order valence-corrected chi connectivity index (χ0v) is 22.2. The number of nitrogens with zero attached hydrogens (tertiary/aromatic N) is 1. The van der Waals surface area contributed by atoms with Crippen LogP contribution in [0, 0.1) is 5.82 Å². The van der Waals surface area contributed by atoms with E-state index in [4.69, 9.17) is 4.74 Å². The summed E-state index contributed by atoms with van der Waals surface area (Å²) in [4.78, 5) is 4.25. The second kappa shape index (κ2) is 12.0. The monoisotopic (exact) mass is 451 g/mol. The molecule has 0 unspecified atom stereocenters. The predicted octanol–water partition coefficient (Wildman–Crippen LogP) is 8.50. The van der Waals surface area contributed by atoms with Crippen molar-refractivity contribution in [2.45, 2.75) is 78.6 Å². The molecule has 33 heavy (non-hydrogen) atoms. The topological polar surface area (TPSA) is 22.1 Å². The van der Waals surface area contributed by atoms with Crippen molar-refractivity contribution >= 4 is 0 Å². The van der Waals surface area contributed by atoms with Crippen molar-refractivity contribution in [3.05, 3.63) is 95.6 Å². The van der Waals surface area contributed by atoms with Crippen LogP contribution < -0.4 is 4.74 Å². The summed E-state index contributed by atoms with van der Waals surface area (Å²) in [6, 6.07) is 21.1. The van der Waals surface area contributed by atoms with Gasteiger partial charge in [0.15, 0.2) is 0 Å². The van der Waals surface area contributed by atoms with E-state index in [0.29, 0.717) is 0 Å². The van der Waals surface area contributed by atoms with Crippen molar-refractivity contribution in [2.75, 3.05) is 7.11 Å². The van der Waals surface area contributed by atoms with Crippen LogP contribution in [0.3, 0.4) is 0 Å². The molecule has 2 nitrogen and oxygen atoms in total. The van der Waals surface area contributed by atoms with E-state index in [1.165, 1.54) is 11.6 Å². The van der Waals surface area contributed by atoms with Crippen LogP contribution >= 0.6 is 0 Å². The third kappa shape index (κ3) is 9.77. The van der Waals surface area contributed by atoms with E-state index in [9.17, 15) is 4.39 Å². The summed E-state index contributed by atoms with van der Waals surface area (Å²) >= 11 is 0. The van der Waals surface area contributed by atoms with Crippen LogP contribution in [0.2, 0.25) is 0 Å². The van der Waals surface area contributed by atoms with Crippen molar-refractivity contribution in [3.63, 3.8) is 0 Å². The predicted molar refractivity (Wildman–Crippen MR) is 140 cm³/mol. The van der Waals surface area contributed by atoms with E-state index in [1.54, 1.807) is 13.2 Å². The van der Waals surface area contributed by atoms with Crippen LogP contribution in [0.1, 0.15) is 79.1 Å². The average Bonchev–Trinajstić information content (AvgIpc) is 2.73. The number of para-hydroxylation sites is 1. The SMILES string of the molecule is CC(C)(C)c1ccccc1F.CC(C)(C)c1ccccn1.COc1ccccc1C(C)(C)C. The summed E-state index contributed by atoms with van der Waals surface area (Å²) in [5, 5.41) is 0. The fraction of sp³-hybridized carbons (Fsp3) is 0.433. The van der Waals surface area contributed by atoms with Gasteiger partial charge >= 0.3 is 0 Å². The molecule has 180 valence electrons. The van der Waals surface area contributed by atoms with Gasteiger partial charge in [0, 0.05) is 17.3 Å². The molecule has 1 heterocycles. The van der Waals surface area contributed by atoms with Crippen molar-refractivity contribution in [2.24, 2.45) is 0 Å². The number of aromatic nitrogens is 1. The molecule has 0 atom stereocenters. The number of hydrogen-bond donors (Lipinski definition) is 0. The van der Waals surface area contributed by atoms with Gasteiger partial charge in [0.1, 0.15) is 11.6 Å². The van der Waals surface area contributed by atoms with Crippen LogP contribution in [0.15, 0.2) is 72.9 Å². The van der Waals surface area contributed by atoms with Gasteiger partial charge in [-0.15, -0.1) is 0 Å². The third-order valence-electron chi connectivity index (χ3n) is 5.03. The number of rotatable bonds is 1. The minimum atomic E-state index is -0.111. The number of ether oxygens (including phenoxy) is 1. The number of methoxy groups -OCH3 is 1. The van der Waals surface area contributed by atoms with Gasteiger partial charge in [-0.3, -0.25) is 4.98 Å². The Balaban J connectivity index is 0.000000249. The van der Waals surface area contributed by atoms with Crippen LogP contribution in [0.5, 0.6) is 5.75 Å². The first-order valence-electron chi connectivity index (χ1n) is 11.5. The first kappa shape index (κ1) is 28.4. The second-order valence-corrected chi connectivity index (χ2v) is 11.1. The van der Waals surface area contributed by atoms with Crippen LogP contribution in [0.25, 0.3) is 0 Å². The maximum atomic E-state index is 13.1. The molecule has 0 radical (unpaired) electrons. The molecule has 0 aliphatic carbocycles. The fourth-order valence-corrected chi connectivity index (χ4v) is 3.14. The highest BCUT2D eigenvalue weighted by Crippen LogP contribution is 2.30. The van der Waals surface area contributed by atoms with Gasteiger partial charge in [-0.1, -0.05) is 105 Å². The van der Waals surface area contributed by atoms with E-state index < -0.39 is 0 Å². The van der Waals surface area contributed by atoms with Crippen molar-refractivity contribution in [3.8, 4) is 5.75 Å². The van der Waals surface area contributed by atoms with E-state index >= 15 is 0 Å². The Morgan fingerprint density at radius 3 is 1.42 bits per heavy atom. The molecule has 3 rings (SSSR count). The molecule has 0 spiro atoms. The highest BCUT2D eigenvalue weighted by atomic mass is 19.1. The van der Waals surface area contributed by atoms with E-state index in [-0.39, 0.29) is 22.1 Å². The van der Waals surface area contributed by atoms with E-state index in [0.717, 1.165) is 17.0 Å². The van der Waals surface area contributed by atoms with Gasteiger partial charge in [0.25, 0.3) is 0 Å². The summed E-state index contributed by atoms with van der Waals surface area (Å²) in [7, 11) is 1.71. The summed E-state index contributed by atoms with van der Waals surface area (Å²) in [6.45, 7) is 19.1. The zero-order chi connectivity index (χ0) is 25.3. The van der Waals surface area contributed by atoms with Gasteiger partial charge in [0.2, 0.25) is 0 Å². The van der Waals surface area contributed by atoms with Crippen LogP contribution in [-0.2, 0) is 16.2 Å². The molecular formula is C30H42FNO. The van der Waals surface area contributed by atoms with Gasteiger partial charge in [-0.05, 0) is 46.2 Å². The smallest absolute Gasteiger partial charge is 0.126 e. The maximum absolute atomic E-state index is 13.1. The fourth-order valence-electron chi connectivity index (χ4n) is 3.14. The zero-order valence-electron chi connectivity index (χ0n) is 22.2. The summed E-state index contributed by atoms with van der Waals surface area (Å²) in [5.74, 6) is 0.866. The van der Waals surface area contributed by atoms with Crippen molar-refractivity contribution < 1.29 is 9.13 Å². The number of halogens is 1. The lowest BCUT2D eigenvalue weighted by Gasteiger charge is -2.21. The lowest BCUT2D eigenvalue weighted by atomic mass is 9.86. The summed E-state index contributed by atoms with van der Waals surface area (Å²) in [6.07, 6.45) is 1.83. The number of pyridine rings is 1. The lowest BCUT2D eigenvalue weighted by Crippen LogP contribution is -2.12. The van der Waals surface area contributed by atoms with Crippen LogP contribution in [0.4, 0.5) is 4.39 Å². The summed E-state index contributed by atoms with van der Waals surface area (Å²) < 4.78 is 18.4. The third-order valence-corrected chi connectivity index (χ3v) is 5.03. The highest BCUT2D eigenvalue weighted by Gasteiger charge is 2.18. The number of hydrogen-bond acceptors (Lipinski definition) is 2. The molecule has 0 aliphatic rings. The largest absolute Gasteiger partial charge is 0.496 e. The average molecular weight is 452 g/mol. The van der Waals surface area contributed by atoms with E-state index in [2.05, 4.69) is 58.7 Å². The normalized spacial score (nSPS) is 11.5. The Bertz CT molecular complexity index is 961. The first-order valence-corrected chi connectivity index (χ1v) is 11.5. The standard InChI is InChI=1S/C11H16O.C10H13F.C9H13N/c1-11(2,3)9-7-5-6-8-10(9)12-4;1-10(2,3)8-6-4-5-7-9(8)11;1-9(2,3)8-6-4-5-7-10-8/h5-8H,1-4H3;4-7H,1-3H3;4-7H,1-3H3. The van der Waals surface area contributed by atoms with Crippen molar-refractivity contribution in [1.29, 1.82) is 0 Å². The molecule has 3 aromatic rings. The van der Waals surface area contributed by atoms with Crippen LogP contribution in [-0.4, -0.2) is 12.1 Å². The van der Waals surface area contributed by atoms with Gasteiger partial charge in [-0.25, -0.2) is 4.39 Å². The minimum Gasteiger partial charge on any atom is -0.496 e. The first-order chi connectivity index (χ1) is 15.2. The molecular weight excluding hydrogens is 409 g/mol. The quantitative estimate of drug-likeness (QED) is 0.370. The molecule has 0 saturated carbocycles. The number of benzene rings is 2. The van der Waals surface area contributed by atoms with Gasteiger partial charge in [-0.2, -0.15) is 0 Å². The molecule has 0 amide bonds. The highest BCUT2D eigenvalue weighted by molar-refractivity contribution is 5.38. The summed E-state index contributed by atoms with van der Waals surface area (Å²) in [5.41, 5.74) is 3.43. The van der Waals surface area contributed by atoms with Gasteiger partial charge < -0.3 is 4.74 Å². The Hall–Kier alpha value is -2.68. The minimum absolute atomic E-state index is 0.0919. The van der Waals surface area contributed by atoms with E-state index in [1.807, 2.05) is 69.4 Å². The molecule has 0 saturated heterocycles. The Kier molecular flexibility index (Phi) is 10.3. The molecule has 0 N–H and O–H groups in total. The lowest BCUT2D eigenvalue weighted by molar-refractivity contribution is 0.397. The van der Waals surface area contributed by atoms with Gasteiger partial charge in [0.05, 0.1) is 7.11 Å². The Morgan fingerprint density at radius 1 is 0.606 bits per heavy atom. The van der Waals surface area contributed by atoms with Crippen molar-refractivity contribution in [1.82, 2.24) is 4.98 Å². The molecule has 2 aromatic carbocycles. The molecule has 0 fully saturated rings.